The lowest BCUT2D eigenvalue weighted by Gasteiger charge is -2.15. The quantitative estimate of drug-likeness (QED) is 0.107. The van der Waals surface area contributed by atoms with Crippen LogP contribution in [-0.2, 0) is 0 Å². The second kappa shape index (κ2) is 16.8. The van der Waals surface area contributed by atoms with E-state index in [2.05, 4.69) is 247 Å². The molecule has 0 radical (unpaired) electrons. The van der Waals surface area contributed by atoms with Gasteiger partial charge in [0, 0.05) is 32.8 Å². The molecule has 2 heterocycles. The van der Waals surface area contributed by atoms with E-state index in [1.165, 1.54) is 71.5 Å². The number of nitrogens with zero attached hydrogens (tertiary/aromatic N) is 3. The van der Waals surface area contributed by atoms with Crippen LogP contribution in [0.4, 0.5) is 5.69 Å². The lowest BCUT2D eigenvalue weighted by molar-refractivity contribution is 1.04. The molecule has 1 aliphatic carbocycles. The number of fused-ring (bicyclic) bond motifs is 6. The highest BCUT2D eigenvalue weighted by Gasteiger charge is 2.18. The molecule has 0 saturated carbocycles. The monoisotopic (exact) mass is 857 g/mol. The Kier molecular flexibility index (Phi) is 10.0. The number of hydrogen-bond acceptors (Lipinski definition) is 1. The van der Waals surface area contributed by atoms with Gasteiger partial charge < -0.3 is 4.57 Å². The number of benzene rings is 9. The van der Waals surface area contributed by atoms with E-state index in [1.54, 1.807) is 0 Å². The van der Waals surface area contributed by atoms with Crippen LogP contribution >= 0.6 is 0 Å². The normalized spacial score (nSPS) is 12.9. The summed E-state index contributed by atoms with van der Waals surface area (Å²) in [6.07, 6.45) is 9.05. The predicted molar refractivity (Wildman–Crippen MR) is 286 cm³/mol. The molecule has 0 N–H and O–H groups in total. The summed E-state index contributed by atoms with van der Waals surface area (Å²) in [6, 6.07) is 76.6. The molecule has 0 atom stereocenters. The molecule has 0 saturated heterocycles. The van der Waals surface area contributed by atoms with Gasteiger partial charge in [-0.05, 0) is 154 Å². The van der Waals surface area contributed by atoms with Crippen molar-refractivity contribution in [3.63, 3.8) is 0 Å². The van der Waals surface area contributed by atoms with Gasteiger partial charge in [-0.3, -0.25) is 4.57 Å². The summed E-state index contributed by atoms with van der Waals surface area (Å²) >= 11 is 0. The second-order valence-corrected chi connectivity index (χ2v) is 17.5. The van der Waals surface area contributed by atoms with Crippen molar-refractivity contribution in [3.05, 3.63) is 254 Å². The SMILES string of the molecule is C=C(c1cccc(-c2cc(C3=CCCC=C3)cc(-c3ccccc3)c2)c1)c1ccccc1N=C(C)n1c2ccccc2c2cc(-c3ccc4c(c3)c3ccccc3n4-c3ccccc3)ccc21. The van der Waals surface area contributed by atoms with Crippen molar-refractivity contribution < 1.29 is 0 Å². The summed E-state index contributed by atoms with van der Waals surface area (Å²) in [5.41, 5.74) is 19.3. The lowest BCUT2D eigenvalue weighted by atomic mass is 9.90. The van der Waals surface area contributed by atoms with E-state index in [0.29, 0.717) is 0 Å². The van der Waals surface area contributed by atoms with Crippen LogP contribution in [0.3, 0.4) is 0 Å². The summed E-state index contributed by atoms with van der Waals surface area (Å²) < 4.78 is 4.67. The van der Waals surface area contributed by atoms with E-state index in [1.807, 2.05) is 0 Å². The summed E-state index contributed by atoms with van der Waals surface area (Å²) in [4.78, 5) is 5.41. The molecule has 0 amide bonds. The van der Waals surface area contributed by atoms with Crippen molar-refractivity contribution in [1.82, 2.24) is 9.13 Å². The van der Waals surface area contributed by atoms with Gasteiger partial charge in [-0.1, -0.05) is 158 Å². The van der Waals surface area contributed by atoms with Crippen LogP contribution in [0.25, 0.3) is 93.8 Å². The van der Waals surface area contributed by atoms with Gasteiger partial charge in [0.15, 0.2) is 0 Å². The summed E-state index contributed by atoms with van der Waals surface area (Å²) in [7, 11) is 0. The lowest BCUT2D eigenvalue weighted by Crippen LogP contribution is -2.06. The molecule has 0 bridgehead atoms. The molecule has 0 fully saturated rings. The minimum Gasteiger partial charge on any atom is -0.309 e. The van der Waals surface area contributed by atoms with Gasteiger partial charge in [0.05, 0.1) is 27.8 Å². The van der Waals surface area contributed by atoms with Crippen LogP contribution in [0.1, 0.15) is 36.5 Å². The fraction of sp³-hybridized carbons (Fsp3) is 0.0469. The molecular formula is C64H47N3. The zero-order valence-corrected chi connectivity index (χ0v) is 37.4. The standard InChI is InChI=1S/C64H47N3/c1-43(47-23-18-24-48(37-47)53-39-51(45-19-6-3-7-20-45)38-52(40-53)46-21-8-4-9-22-46)55-27-12-15-30-60(55)65-44(2)66-61-31-16-13-28-56(61)58-41-49(33-35-63(58)66)50-34-36-64-59(42-50)57-29-14-17-32-62(57)67(64)54-25-10-5-11-26-54/h3,5-8,10-42H,1,4,9H2,2H3. The number of aliphatic imine (C=N–C) groups is 1. The number of allylic oxidation sites excluding steroid dienone is 4. The summed E-state index contributed by atoms with van der Waals surface area (Å²) in [6.45, 7) is 6.83. The minimum absolute atomic E-state index is 0.880. The third kappa shape index (κ3) is 7.22. The first-order chi connectivity index (χ1) is 33.1. The van der Waals surface area contributed by atoms with Crippen molar-refractivity contribution in [1.29, 1.82) is 0 Å². The minimum atomic E-state index is 0.880. The van der Waals surface area contributed by atoms with Crippen LogP contribution in [-0.4, -0.2) is 15.0 Å². The van der Waals surface area contributed by atoms with E-state index in [0.717, 1.165) is 63.3 Å². The van der Waals surface area contributed by atoms with Crippen molar-refractivity contribution in [3.8, 4) is 39.1 Å². The molecule has 67 heavy (non-hydrogen) atoms. The Morgan fingerprint density at radius 2 is 1.01 bits per heavy atom. The maximum atomic E-state index is 5.41. The van der Waals surface area contributed by atoms with E-state index >= 15 is 0 Å². The van der Waals surface area contributed by atoms with Crippen LogP contribution in [0.2, 0.25) is 0 Å². The Morgan fingerprint density at radius 1 is 0.448 bits per heavy atom. The molecule has 0 spiro atoms. The van der Waals surface area contributed by atoms with Crippen molar-refractivity contribution in [2.45, 2.75) is 19.8 Å². The molecule has 0 unspecified atom stereocenters. The fourth-order valence-electron chi connectivity index (χ4n) is 10.2. The Hall–Kier alpha value is -8.53. The molecule has 11 aromatic rings. The smallest absolute Gasteiger partial charge is 0.111 e. The molecule has 2 aromatic heterocycles. The number of para-hydroxylation sites is 4. The van der Waals surface area contributed by atoms with Gasteiger partial charge in [-0.15, -0.1) is 0 Å². The summed E-state index contributed by atoms with van der Waals surface area (Å²) in [5.74, 6) is 0.888. The zero-order valence-electron chi connectivity index (χ0n) is 37.4. The van der Waals surface area contributed by atoms with Crippen LogP contribution in [0.15, 0.2) is 242 Å². The van der Waals surface area contributed by atoms with E-state index < -0.39 is 0 Å². The molecular weight excluding hydrogens is 811 g/mol. The van der Waals surface area contributed by atoms with E-state index in [9.17, 15) is 0 Å². The Labute approximate surface area is 391 Å². The zero-order chi connectivity index (χ0) is 44.8. The Bertz CT molecular complexity index is 3820. The number of hydrogen-bond donors (Lipinski definition) is 0. The fourth-order valence-corrected chi connectivity index (χ4v) is 10.2. The van der Waals surface area contributed by atoms with Gasteiger partial charge in [0.2, 0.25) is 0 Å². The van der Waals surface area contributed by atoms with Crippen molar-refractivity contribution >= 4 is 66.3 Å². The first-order valence-electron chi connectivity index (χ1n) is 23.2. The second-order valence-electron chi connectivity index (χ2n) is 17.5. The Balaban J connectivity index is 0.907. The van der Waals surface area contributed by atoms with Gasteiger partial charge in [-0.25, -0.2) is 4.99 Å². The molecule has 318 valence electrons. The van der Waals surface area contributed by atoms with Crippen molar-refractivity contribution in [2.24, 2.45) is 4.99 Å². The van der Waals surface area contributed by atoms with Gasteiger partial charge in [0.25, 0.3) is 0 Å². The molecule has 9 aromatic carbocycles. The highest BCUT2D eigenvalue weighted by atomic mass is 15.1. The first kappa shape index (κ1) is 40.0. The van der Waals surface area contributed by atoms with Crippen molar-refractivity contribution in [2.75, 3.05) is 0 Å². The van der Waals surface area contributed by atoms with Gasteiger partial charge >= 0.3 is 0 Å². The van der Waals surface area contributed by atoms with Crippen LogP contribution in [0, 0.1) is 0 Å². The average molecular weight is 858 g/mol. The average Bonchev–Trinajstić information content (AvgIpc) is 3.91. The van der Waals surface area contributed by atoms with Gasteiger partial charge in [-0.2, -0.15) is 0 Å². The molecule has 1 aliphatic rings. The topological polar surface area (TPSA) is 22.2 Å². The van der Waals surface area contributed by atoms with Crippen LogP contribution < -0.4 is 0 Å². The largest absolute Gasteiger partial charge is 0.309 e. The predicted octanol–water partition coefficient (Wildman–Crippen LogP) is 17.3. The highest BCUT2D eigenvalue weighted by Crippen LogP contribution is 2.39. The molecule has 12 rings (SSSR count). The highest BCUT2D eigenvalue weighted by molar-refractivity contribution is 6.16. The first-order valence-corrected chi connectivity index (χ1v) is 23.2. The maximum absolute atomic E-state index is 5.41. The van der Waals surface area contributed by atoms with Gasteiger partial charge in [0.1, 0.15) is 5.84 Å². The van der Waals surface area contributed by atoms with E-state index in [4.69, 9.17) is 11.6 Å². The maximum Gasteiger partial charge on any atom is 0.111 e. The molecule has 0 aliphatic heterocycles. The third-order valence-corrected chi connectivity index (χ3v) is 13.4. The number of rotatable bonds is 8. The third-order valence-electron chi connectivity index (χ3n) is 13.4. The summed E-state index contributed by atoms with van der Waals surface area (Å²) in [5, 5.41) is 4.88. The molecule has 3 heteroatoms. The van der Waals surface area contributed by atoms with E-state index in [-0.39, 0.29) is 0 Å². The molecule has 3 nitrogen and oxygen atoms in total. The number of aromatic nitrogens is 2. The van der Waals surface area contributed by atoms with Crippen LogP contribution in [0.5, 0.6) is 0 Å². The Morgan fingerprint density at radius 3 is 1.78 bits per heavy atom.